The van der Waals surface area contributed by atoms with Crippen molar-refractivity contribution in [3.63, 3.8) is 0 Å². The van der Waals surface area contributed by atoms with Crippen molar-refractivity contribution in [1.82, 2.24) is 9.55 Å². The molecule has 3 rings (SSSR count). The standard InChI is InChI=1S/C16H16N2O/c1-11-3-8-15-14(9-11)17-16(18(15)2)10-12-4-6-13(19)7-5-12/h3-9,19H,10H2,1-2H3. The van der Waals surface area contributed by atoms with E-state index in [1.165, 1.54) is 5.56 Å². The Morgan fingerprint density at radius 1 is 1.11 bits per heavy atom. The highest BCUT2D eigenvalue weighted by molar-refractivity contribution is 5.76. The van der Waals surface area contributed by atoms with Crippen LogP contribution in [0.2, 0.25) is 0 Å². The second-order valence-corrected chi connectivity index (χ2v) is 4.92. The monoisotopic (exact) mass is 252 g/mol. The zero-order chi connectivity index (χ0) is 13.4. The Bertz CT molecular complexity index is 726. The Morgan fingerprint density at radius 2 is 1.84 bits per heavy atom. The van der Waals surface area contributed by atoms with Crippen molar-refractivity contribution in [3.05, 3.63) is 59.4 Å². The Kier molecular flexibility index (Phi) is 2.75. The number of nitrogens with zero attached hydrogens (tertiary/aromatic N) is 2. The van der Waals surface area contributed by atoms with Crippen LogP contribution in [0.5, 0.6) is 5.75 Å². The number of hydrogen-bond acceptors (Lipinski definition) is 2. The van der Waals surface area contributed by atoms with E-state index in [0.29, 0.717) is 5.75 Å². The molecule has 0 aliphatic heterocycles. The van der Waals surface area contributed by atoms with Crippen LogP contribution in [0.4, 0.5) is 0 Å². The number of aromatic nitrogens is 2. The number of benzene rings is 2. The molecule has 0 bridgehead atoms. The fourth-order valence-corrected chi connectivity index (χ4v) is 2.31. The molecule has 0 unspecified atom stereocenters. The number of aromatic hydroxyl groups is 1. The lowest BCUT2D eigenvalue weighted by Crippen LogP contribution is -1.98. The van der Waals surface area contributed by atoms with E-state index in [1.807, 2.05) is 19.2 Å². The summed E-state index contributed by atoms with van der Waals surface area (Å²) in [6.07, 6.45) is 0.768. The van der Waals surface area contributed by atoms with Gasteiger partial charge in [-0.3, -0.25) is 0 Å². The Morgan fingerprint density at radius 3 is 2.58 bits per heavy atom. The average Bonchev–Trinajstić information content (AvgIpc) is 2.68. The van der Waals surface area contributed by atoms with Crippen molar-refractivity contribution in [1.29, 1.82) is 0 Å². The molecule has 0 saturated carbocycles. The Balaban J connectivity index is 2.01. The minimum absolute atomic E-state index is 0.296. The first kappa shape index (κ1) is 11.8. The van der Waals surface area contributed by atoms with E-state index in [1.54, 1.807) is 12.1 Å². The van der Waals surface area contributed by atoms with E-state index in [2.05, 4.69) is 29.7 Å². The van der Waals surface area contributed by atoms with Crippen LogP contribution in [0.25, 0.3) is 11.0 Å². The van der Waals surface area contributed by atoms with Gasteiger partial charge in [0.15, 0.2) is 0 Å². The molecule has 96 valence electrons. The number of phenolic OH excluding ortho intramolecular Hbond substituents is 1. The minimum atomic E-state index is 0.296. The van der Waals surface area contributed by atoms with Crippen molar-refractivity contribution in [2.75, 3.05) is 0 Å². The summed E-state index contributed by atoms with van der Waals surface area (Å²) < 4.78 is 2.13. The molecule has 0 amide bonds. The first-order valence-electron chi connectivity index (χ1n) is 6.33. The number of fused-ring (bicyclic) bond motifs is 1. The van der Waals surface area contributed by atoms with E-state index in [0.717, 1.165) is 28.8 Å². The summed E-state index contributed by atoms with van der Waals surface area (Å²) in [5.41, 5.74) is 4.56. The average molecular weight is 252 g/mol. The molecule has 19 heavy (non-hydrogen) atoms. The van der Waals surface area contributed by atoms with E-state index >= 15 is 0 Å². The third-order valence-electron chi connectivity index (χ3n) is 3.43. The summed E-state index contributed by atoms with van der Waals surface area (Å²) in [6, 6.07) is 13.6. The minimum Gasteiger partial charge on any atom is -0.508 e. The van der Waals surface area contributed by atoms with Gasteiger partial charge in [-0.15, -0.1) is 0 Å². The predicted molar refractivity (Wildman–Crippen MR) is 76.4 cm³/mol. The molecule has 0 aliphatic carbocycles. The van der Waals surface area contributed by atoms with Crippen molar-refractivity contribution in [3.8, 4) is 5.75 Å². The maximum atomic E-state index is 9.30. The van der Waals surface area contributed by atoms with Crippen LogP contribution in [0.3, 0.4) is 0 Å². The van der Waals surface area contributed by atoms with Gasteiger partial charge in [-0.05, 0) is 42.3 Å². The summed E-state index contributed by atoms with van der Waals surface area (Å²) in [7, 11) is 2.04. The van der Waals surface area contributed by atoms with E-state index in [9.17, 15) is 5.11 Å². The van der Waals surface area contributed by atoms with Gasteiger partial charge in [-0.25, -0.2) is 4.98 Å². The van der Waals surface area contributed by atoms with Gasteiger partial charge in [0.2, 0.25) is 0 Å². The van der Waals surface area contributed by atoms with Crippen LogP contribution in [0, 0.1) is 6.92 Å². The maximum absolute atomic E-state index is 9.30. The van der Waals surface area contributed by atoms with Gasteiger partial charge in [-0.2, -0.15) is 0 Å². The molecule has 0 saturated heterocycles. The van der Waals surface area contributed by atoms with Crippen LogP contribution >= 0.6 is 0 Å². The molecular weight excluding hydrogens is 236 g/mol. The topological polar surface area (TPSA) is 38.1 Å². The van der Waals surface area contributed by atoms with E-state index < -0.39 is 0 Å². The quantitative estimate of drug-likeness (QED) is 0.760. The molecule has 3 aromatic rings. The lowest BCUT2D eigenvalue weighted by atomic mass is 10.1. The smallest absolute Gasteiger partial charge is 0.115 e. The lowest BCUT2D eigenvalue weighted by molar-refractivity contribution is 0.475. The highest BCUT2D eigenvalue weighted by atomic mass is 16.3. The summed E-state index contributed by atoms with van der Waals surface area (Å²) >= 11 is 0. The normalized spacial score (nSPS) is 11.1. The number of aryl methyl sites for hydroxylation is 2. The van der Waals surface area contributed by atoms with E-state index in [4.69, 9.17) is 4.98 Å². The Labute approximate surface area is 112 Å². The van der Waals surface area contributed by atoms with Crippen molar-refractivity contribution in [2.24, 2.45) is 7.05 Å². The van der Waals surface area contributed by atoms with Gasteiger partial charge in [0.05, 0.1) is 11.0 Å². The molecule has 3 nitrogen and oxygen atoms in total. The lowest BCUT2D eigenvalue weighted by Gasteiger charge is -2.03. The van der Waals surface area contributed by atoms with Crippen molar-refractivity contribution < 1.29 is 5.11 Å². The zero-order valence-corrected chi connectivity index (χ0v) is 11.1. The number of rotatable bonds is 2. The predicted octanol–water partition coefficient (Wildman–Crippen LogP) is 3.18. The first-order chi connectivity index (χ1) is 9.13. The second-order valence-electron chi connectivity index (χ2n) is 4.92. The molecule has 3 heteroatoms. The molecule has 1 heterocycles. The molecule has 0 atom stereocenters. The van der Waals surface area contributed by atoms with E-state index in [-0.39, 0.29) is 0 Å². The first-order valence-corrected chi connectivity index (χ1v) is 6.33. The van der Waals surface area contributed by atoms with Crippen LogP contribution in [-0.2, 0) is 13.5 Å². The van der Waals surface area contributed by atoms with Gasteiger partial charge in [0, 0.05) is 13.5 Å². The van der Waals surface area contributed by atoms with Gasteiger partial charge < -0.3 is 9.67 Å². The fourth-order valence-electron chi connectivity index (χ4n) is 2.31. The Hall–Kier alpha value is -2.29. The molecule has 0 fully saturated rings. The summed E-state index contributed by atoms with van der Waals surface area (Å²) in [5.74, 6) is 1.33. The molecule has 1 aromatic heterocycles. The summed E-state index contributed by atoms with van der Waals surface area (Å²) in [5, 5.41) is 9.30. The third-order valence-corrected chi connectivity index (χ3v) is 3.43. The highest BCUT2D eigenvalue weighted by Crippen LogP contribution is 2.19. The maximum Gasteiger partial charge on any atom is 0.115 e. The molecule has 0 aliphatic rings. The van der Waals surface area contributed by atoms with Crippen molar-refractivity contribution >= 4 is 11.0 Å². The number of phenols is 1. The summed E-state index contributed by atoms with van der Waals surface area (Å²) in [4.78, 5) is 4.69. The fraction of sp³-hybridized carbons (Fsp3) is 0.188. The van der Waals surface area contributed by atoms with Gasteiger partial charge in [-0.1, -0.05) is 18.2 Å². The SMILES string of the molecule is Cc1ccc2c(c1)nc(Cc1ccc(O)cc1)n2C. The molecule has 1 N–H and O–H groups in total. The zero-order valence-electron chi connectivity index (χ0n) is 11.1. The van der Waals surface area contributed by atoms with Crippen LogP contribution in [0.1, 0.15) is 17.0 Å². The summed E-state index contributed by atoms with van der Waals surface area (Å²) in [6.45, 7) is 2.08. The highest BCUT2D eigenvalue weighted by Gasteiger charge is 2.08. The van der Waals surface area contributed by atoms with Gasteiger partial charge in [0.1, 0.15) is 11.6 Å². The second kappa shape index (κ2) is 4.43. The van der Waals surface area contributed by atoms with Crippen molar-refractivity contribution in [2.45, 2.75) is 13.3 Å². The van der Waals surface area contributed by atoms with Gasteiger partial charge >= 0.3 is 0 Å². The number of hydrogen-bond donors (Lipinski definition) is 1. The van der Waals surface area contributed by atoms with Crippen LogP contribution in [-0.4, -0.2) is 14.7 Å². The van der Waals surface area contributed by atoms with Crippen LogP contribution in [0.15, 0.2) is 42.5 Å². The molecule has 2 aromatic carbocycles. The number of imidazole rings is 1. The largest absolute Gasteiger partial charge is 0.508 e. The van der Waals surface area contributed by atoms with Crippen LogP contribution < -0.4 is 0 Å². The third kappa shape index (κ3) is 2.19. The molecule has 0 radical (unpaired) electrons. The molecule has 0 spiro atoms. The van der Waals surface area contributed by atoms with Gasteiger partial charge in [0.25, 0.3) is 0 Å². The molecular formula is C16H16N2O.